The number of likely N-dealkylation sites (N-methyl/N-ethyl adjacent to an activating group) is 1. The Morgan fingerprint density at radius 3 is 2.55 bits per heavy atom. The van der Waals surface area contributed by atoms with Crippen molar-refractivity contribution in [2.75, 3.05) is 40.3 Å². The molecule has 0 aromatic heterocycles. The minimum absolute atomic E-state index is 0.145. The standard InChI is InChI=1S/C25H32BrN3O2/c1-27-22(18-29(25(27)30)16-20-6-4-3-5-7-20)17-28-12-10-19(11-13-28)14-21-15-23(31-2)8-9-24(21)26/h3-9,15,19,22H,10-14,16-18H2,1-2H3. The van der Waals surface area contributed by atoms with E-state index < -0.39 is 0 Å². The number of rotatable bonds is 7. The van der Waals surface area contributed by atoms with Gasteiger partial charge >= 0.3 is 6.03 Å². The molecule has 2 heterocycles. The predicted molar refractivity (Wildman–Crippen MR) is 127 cm³/mol. The molecule has 31 heavy (non-hydrogen) atoms. The van der Waals surface area contributed by atoms with Gasteiger partial charge in [-0.05, 0) is 67.6 Å². The molecular formula is C25H32BrN3O2. The molecule has 166 valence electrons. The fourth-order valence-electron chi connectivity index (χ4n) is 4.77. The number of carbonyl (C=O) groups excluding carboxylic acids is 1. The Morgan fingerprint density at radius 1 is 1.10 bits per heavy atom. The number of nitrogens with zero attached hydrogens (tertiary/aromatic N) is 3. The third-order valence-electron chi connectivity index (χ3n) is 6.70. The highest BCUT2D eigenvalue weighted by molar-refractivity contribution is 9.10. The molecule has 1 atom stereocenters. The Labute approximate surface area is 194 Å². The lowest BCUT2D eigenvalue weighted by molar-refractivity contribution is 0.149. The third-order valence-corrected chi connectivity index (χ3v) is 7.48. The average molecular weight is 486 g/mol. The van der Waals surface area contributed by atoms with Crippen LogP contribution in [0.15, 0.2) is 53.0 Å². The van der Waals surface area contributed by atoms with Crippen molar-refractivity contribution in [3.8, 4) is 5.75 Å². The largest absolute Gasteiger partial charge is 0.497 e. The molecule has 0 N–H and O–H groups in total. The second kappa shape index (κ2) is 10.0. The summed E-state index contributed by atoms with van der Waals surface area (Å²) in [4.78, 5) is 19.2. The van der Waals surface area contributed by atoms with Gasteiger partial charge in [-0.25, -0.2) is 4.79 Å². The minimum Gasteiger partial charge on any atom is -0.497 e. The van der Waals surface area contributed by atoms with Crippen molar-refractivity contribution < 1.29 is 9.53 Å². The van der Waals surface area contributed by atoms with Gasteiger partial charge in [0.2, 0.25) is 0 Å². The van der Waals surface area contributed by atoms with Crippen molar-refractivity contribution >= 4 is 22.0 Å². The number of hydrogen-bond donors (Lipinski definition) is 0. The van der Waals surface area contributed by atoms with Crippen LogP contribution < -0.4 is 4.74 Å². The first-order valence-electron chi connectivity index (χ1n) is 11.1. The molecule has 0 aliphatic carbocycles. The van der Waals surface area contributed by atoms with E-state index in [1.165, 1.54) is 28.4 Å². The van der Waals surface area contributed by atoms with Gasteiger partial charge in [0.1, 0.15) is 5.75 Å². The maximum Gasteiger partial charge on any atom is 0.320 e. The number of urea groups is 1. The van der Waals surface area contributed by atoms with Crippen LogP contribution in [0.2, 0.25) is 0 Å². The molecule has 2 aliphatic rings. The van der Waals surface area contributed by atoms with E-state index >= 15 is 0 Å². The number of likely N-dealkylation sites (tertiary alicyclic amines) is 1. The summed E-state index contributed by atoms with van der Waals surface area (Å²) >= 11 is 3.69. The van der Waals surface area contributed by atoms with E-state index in [1.54, 1.807) is 7.11 Å². The van der Waals surface area contributed by atoms with Gasteiger partial charge in [-0.3, -0.25) is 0 Å². The van der Waals surface area contributed by atoms with E-state index in [0.29, 0.717) is 12.5 Å². The molecule has 6 heteroatoms. The molecule has 2 saturated heterocycles. The fraction of sp³-hybridized carbons (Fsp3) is 0.480. The third kappa shape index (κ3) is 5.42. The molecule has 2 aromatic rings. The van der Waals surface area contributed by atoms with Gasteiger partial charge < -0.3 is 19.4 Å². The molecule has 0 saturated carbocycles. The number of carbonyl (C=O) groups is 1. The number of methoxy groups -OCH3 is 1. The zero-order chi connectivity index (χ0) is 21.8. The first-order chi connectivity index (χ1) is 15.0. The van der Waals surface area contributed by atoms with E-state index in [-0.39, 0.29) is 12.1 Å². The van der Waals surface area contributed by atoms with Crippen molar-refractivity contribution in [3.05, 3.63) is 64.1 Å². The summed E-state index contributed by atoms with van der Waals surface area (Å²) in [6.45, 7) is 4.66. The second-order valence-corrected chi connectivity index (χ2v) is 9.67. The van der Waals surface area contributed by atoms with Gasteiger partial charge in [0.05, 0.1) is 13.2 Å². The molecule has 2 amide bonds. The second-order valence-electron chi connectivity index (χ2n) is 8.82. The Morgan fingerprint density at radius 2 is 1.84 bits per heavy atom. The highest BCUT2D eigenvalue weighted by Crippen LogP contribution is 2.29. The molecule has 2 aliphatic heterocycles. The molecule has 2 aromatic carbocycles. The van der Waals surface area contributed by atoms with Crippen LogP contribution in [0, 0.1) is 5.92 Å². The van der Waals surface area contributed by atoms with Crippen LogP contribution in [0.25, 0.3) is 0 Å². The van der Waals surface area contributed by atoms with Crippen LogP contribution >= 0.6 is 15.9 Å². The maximum atomic E-state index is 12.7. The molecule has 4 rings (SSSR count). The van der Waals surface area contributed by atoms with E-state index in [1.807, 2.05) is 41.1 Å². The van der Waals surface area contributed by atoms with Crippen molar-refractivity contribution in [2.45, 2.75) is 31.8 Å². The number of hydrogen-bond acceptors (Lipinski definition) is 3. The number of amides is 2. The summed E-state index contributed by atoms with van der Waals surface area (Å²) in [5.74, 6) is 1.61. The highest BCUT2D eigenvalue weighted by atomic mass is 79.9. The lowest BCUT2D eigenvalue weighted by Gasteiger charge is -2.34. The van der Waals surface area contributed by atoms with Crippen LogP contribution in [0.3, 0.4) is 0 Å². The van der Waals surface area contributed by atoms with Gasteiger partial charge in [-0.15, -0.1) is 0 Å². The lowest BCUT2D eigenvalue weighted by atomic mass is 9.90. The molecular weight excluding hydrogens is 454 g/mol. The molecule has 1 unspecified atom stereocenters. The maximum absolute atomic E-state index is 12.7. The summed E-state index contributed by atoms with van der Waals surface area (Å²) in [5.41, 5.74) is 2.52. The van der Waals surface area contributed by atoms with Crippen LogP contribution in [0.1, 0.15) is 24.0 Å². The minimum atomic E-state index is 0.145. The number of ether oxygens (including phenoxy) is 1. The van der Waals surface area contributed by atoms with E-state index in [9.17, 15) is 4.79 Å². The van der Waals surface area contributed by atoms with Crippen molar-refractivity contribution in [1.29, 1.82) is 0 Å². The predicted octanol–water partition coefficient (Wildman–Crippen LogP) is 4.65. The van der Waals surface area contributed by atoms with Crippen LogP contribution in [-0.4, -0.2) is 67.1 Å². The Kier molecular flexibility index (Phi) is 7.18. The van der Waals surface area contributed by atoms with Gasteiger partial charge in [-0.2, -0.15) is 0 Å². The Bertz CT molecular complexity index is 884. The zero-order valence-electron chi connectivity index (χ0n) is 18.5. The smallest absolute Gasteiger partial charge is 0.320 e. The summed E-state index contributed by atoms with van der Waals surface area (Å²) in [6, 6.07) is 16.9. The molecule has 0 bridgehead atoms. The van der Waals surface area contributed by atoms with Crippen molar-refractivity contribution in [2.24, 2.45) is 5.92 Å². The average Bonchev–Trinajstić information content (AvgIpc) is 3.05. The van der Waals surface area contributed by atoms with Crippen LogP contribution in [0.4, 0.5) is 4.79 Å². The topological polar surface area (TPSA) is 36.0 Å². The van der Waals surface area contributed by atoms with Crippen LogP contribution in [-0.2, 0) is 13.0 Å². The van der Waals surface area contributed by atoms with Gasteiger partial charge in [0, 0.05) is 31.2 Å². The lowest BCUT2D eigenvalue weighted by Crippen LogP contribution is -2.44. The van der Waals surface area contributed by atoms with Gasteiger partial charge in [0.15, 0.2) is 0 Å². The van der Waals surface area contributed by atoms with E-state index in [0.717, 1.165) is 38.3 Å². The summed E-state index contributed by atoms with van der Waals surface area (Å²) in [5, 5.41) is 0. The molecule has 0 spiro atoms. The SMILES string of the molecule is COc1ccc(Br)c(CC2CCN(CC3CN(Cc4ccccc4)C(=O)N3C)CC2)c1. The summed E-state index contributed by atoms with van der Waals surface area (Å²) in [7, 11) is 3.67. The first-order valence-corrected chi connectivity index (χ1v) is 11.9. The first kappa shape index (κ1) is 22.2. The molecule has 2 fully saturated rings. The summed E-state index contributed by atoms with van der Waals surface area (Å²) in [6.07, 6.45) is 3.47. The van der Waals surface area contributed by atoms with E-state index in [4.69, 9.17) is 4.74 Å². The number of piperidine rings is 1. The Balaban J connectivity index is 1.27. The molecule has 0 radical (unpaired) electrons. The highest BCUT2D eigenvalue weighted by Gasteiger charge is 2.36. The van der Waals surface area contributed by atoms with Gasteiger partial charge in [0.25, 0.3) is 0 Å². The zero-order valence-corrected chi connectivity index (χ0v) is 20.1. The number of benzene rings is 2. The molecule has 5 nitrogen and oxygen atoms in total. The van der Waals surface area contributed by atoms with Crippen molar-refractivity contribution in [1.82, 2.24) is 14.7 Å². The van der Waals surface area contributed by atoms with Crippen molar-refractivity contribution in [3.63, 3.8) is 0 Å². The van der Waals surface area contributed by atoms with Gasteiger partial charge in [-0.1, -0.05) is 46.3 Å². The van der Waals surface area contributed by atoms with E-state index in [2.05, 4.69) is 45.1 Å². The van der Waals surface area contributed by atoms with Crippen LogP contribution in [0.5, 0.6) is 5.75 Å². The number of halogens is 1. The quantitative estimate of drug-likeness (QED) is 0.572. The normalized spacial score (nSPS) is 20.5. The summed E-state index contributed by atoms with van der Waals surface area (Å²) < 4.78 is 6.56. The fourth-order valence-corrected chi connectivity index (χ4v) is 5.18. The monoisotopic (exact) mass is 485 g/mol. The Hall–Kier alpha value is -2.05.